The van der Waals surface area contributed by atoms with Crippen LogP contribution in [0.1, 0.15) is 6.92 Å². The summed E-state index contributed by atoms with van der Waals surface area (Å²) in [7, 11) is 0. The topological polar surface area (TPSA) is 73.3 Å². The number of amides is 1. The molecule has 1 N–H and O–H groups in total. The smallest absolute Gasteiger partial charge is 0.237 e. The minimum Gasteiger partial charge on any atom is -0.486 e. The van der Waals surface area contributed by atoms with Crippen molar-refractivity contribution in [2.75, 3.05) is 18.5 Å². The molecule has 1 aromatic carbocycles. The van der Waals surface area contributed by atoms with Crippen molar-refractivity contribution in [3.8, 4) is 11.5 Å². The van der Waals surface area contributed by atoms with Crippen molar-refractivity contribution >= 4 is 23.4 Å². The average molecular weight is 317 g/mol. The highest BCUT2D eigenvalue weighted by Crippen LogP contribution is 2.32. The number of nitrogens with zero attached hydrogens (tertiary/aromatic N) is 2. The molecule has 0 bridgehead atoms. The minimum atomic E-state index is -0.310. The summed E-state index contributed by atoms with van der Waals surface area (Å²) in [5.74, 6) is 1.23. The summed E-state index contributed by atoms with van der Waals surface area (Å²) in [6.45, 7) is 2.87. The SMILES string of the molecule is C[C@@H](Sc1ncccn1)C(=O)Nc1ccc2c(c1)OCCO2. The van der Waals surface area contributed by atoms with Gasteiger partial charge >= 0.3 is 0 Å². The van der Waals surface area contributed by atoms with E-state index >= 15 is 0 Å². The average Bonchev–Trinajstić information content (AvgIpc) is 2.55. The van der Waals surface area contributed by atoms with E-state index in [2.05, 4.69) is 15.3 Å². The summed E-state index contributed by atoms with van der Waals surface area (Å²) < 4.78 is 11.0. The van der Waals surface area contributed by atoms with E-state index in [1.54, 1.807) is 36.7 Å². The van der Waals surface area contributed by atoms with Gasteiger partial charge in [-0.15, -0.1) is 0 Å². The van der Waals surface area contributed by atoms with Crippen LogP contribution < -0.4 is 14.8 Å². The highest BCUT2D eigenvalue weighted by atomic mass is 32.2. The maximum atomic E-state index is 12.2. The molecule has 1 aliphatic rings. The zero-order valence-electron chi connectivity index (χ0n) is 12.0. The molecule has 2 aromatic rings. The molecule has 2 heterocycles. The first-order valence-corrected chi connectivity index (χ1v) is 7.74. The Morgan fingerprint density at radius 1 is 1.23 bits per heavy atom. The number of carbonyl (C=O) groups is 1. The van der Waals surface area contributed by atoms with Crippen molar-refractivity contribution in [3.05, 3.63) is 36.7 Å². The molecule has 0 saturated heterocycles. The van der Waals surface area contributed by atoms with E-state index in [9.17, 15) is 4.79 Å². The number of fused-ring (bicyclic) bond motifs is 1. The second kappa shape index (κ2) is 6.65. The Balaban J connectivity index is 1.63. The molecule has 0 radical (unpaired) electrons. The number of benzene rings is 1. The molecule has 114 valence electrons. The van der Waals surface area contributed by atoms with Crippen LogP contribution in [0.5, 0.6) is 11.5 Å². The number of hydrogen-bond donors (Lipinski definition) is 1. The summed E-state index contributed by atoms with van der Waals surface area (Å²) in [4.78, 5) is 20.4. The Hall–Kier alpha value is -2.28. The molecule has 0 unspecified atom stereocenters. The van der Waals surface area contributed by atoms with Crippen LogP contribution >= 0.6 is 11.8 Å². The fourth-order valence-electron chi connectivity index (χ4n) is 1.92. The van der Waals surface area contributed by atoms with E-state index in [-0.39, 0.29) is 11.2 Å². The number of rotatable bonds is 4. The van der Waals surface area contributed by atoms with Gasteiger partial charge in [0.1, 0.15) is 13.2 Å². The van der Waals surface area contributed by atoms with E-state index in [0.29, 0.717) is 35.6 Å². The fourth-order valence-corrected chi connectivity index (χ4v) is 2.65. The second-order valence-corrected chi connectivity index (χ2v) is 5.95. The first-order valence-electron chi connectivity index (χ1n) is 6.86. The third kappa shape index (κ3) is 3.48. The first-order chi connectivity index (χ1) is 10.7. The molecule has 7 heteroatoms. The van der Waals surface area contributed by atoms with Crippen molar-refractivity contribution in [2.45, 2.75) is 17.3 Å². The van der Waals surface area contributed by atoms with Crippen LogP contribution in [0.2, 0.25) is 0 Å². The molecule has 22 heavy (non-hydrogen) atoms. The van der Waals surface area contributed by atoms with Crippen LogP contribution in [0.4, 0.5) is 5.69 Å². The van der Waals surface area contributed by atoms with Gasteiger partial charge in [-0.2, -0.15) is 0 Å². The Morgan fingerprint density at radius 2 is 1.95 bits per heavy atom. The molecule has 1 aromatic heterocycles. The van der Waals surface area contributed by atoms with Crippen molar-refractivity contribution in [1.29, 1.82) is 0 Å². The molecule has 6 nitrogen and oxygen atoms in total. The number of thioether (sulfide) groups is 1. The quantitative estimate of drug-likeness (QED) is 0.689. The summed E-state index contributed by atoms with van der Waals surface area (Å²) in [5, 5.41) is 3.13. The molecule has 0 saturated carbocycles. The van der Waals surface area contributed by atoms with Gasteiger partial charge < -0.3 is 14.8 Å². The highest BCUT2D eigenvalue weighted by Gasteiger charge is 2.17. The Labute approximate surface area is 132 Å². The number of ether oxygens (including phenoxy) is 2. The summed E-state index contributed by atoms with van der Waals surface area (Å²) >= 11 is 1.31. The Kier molecular flexibility index (Phi) is 4.43. The third-order valence-corrected chi connectivity index (χ3v) is 3.99. The molecular formula is C15H15N3O3S. The molecule has 0 aliphatic carbocycles. The van der Waals surface area contributed by atoms with E-state index in [0.717, 1.165) is 0 Å². The number of aromatic nitrogens is 2. The summed E-state index contributed by atoms with van der Waals surface area (Å²) in [6, 6.07) is 7.09. The van der Waals surface area contributed by atoms with Crippen molar-refractivity contribution in [3.63, 3.8) is 0 Å². The normalized spacial score (nSPS) is 14.2. The molecule has 0 spiro atoms. The predicted molar refractivity (Wildman–Crippen MR) is 83.4 cm³/mol. The molecule has 1 atom stereocenters. The van der Waals surface area contributed by atoms with Crippen LogP contribution in [-0.4, -0.2) is 34.3 Å². The van der Waals surface area contributed by atoms with Gasteiger partial charge in [0.05, 0.1) is 5.25 Å². The van der Waals surface area contributed by atoms with Gasteiger partial charge in [-0.25, -0.2) is 9.97 Å². The maximum Gasteiger partial charge on any atom is 0.237 e. The maximum absolute atomic E-state index is 12.2. The molecule has 1 amide bonds. The fraction of sp³-hybridized carbons (Fsp3) is 0.267. The Morgan fingerprint density at radius 3 is 2.73 bits per heavy atom. The van der Waals surface area contributed by atoms with E-state index in [1.807, 2.05) is 6.92 Å². The van der Waals surface area contributed by atoms with E-state index < -0.39 is 0 Å². The summed E-state index contributed by atoms with van der Waals surface area (Å²) in [5.41, 5.74) is 0.677. The lowest BCUT2D eigenvalue weighted by atomic mass is 10.2. The van der Waals surface area contributed by atoms with Crippen molar-refractivity contribution in [2.24, 2.45) is 0 Å². The van der Waals surface area contributed by atoms with Crippen molar-refractivity contribution < 1.29 is 14.3 Å². The number of carbonyl (C=O) groups excluding carboxylic acids is 1. The van der Waals surface area contributed by atoms with Gasteiger partial charge in [-0.1, -0.05) is 11.8 Å². The largest absolute Gasteiger partial charge is 0.486 e. The monoisotopic (exact) mass is 317 g/mol. The third-order valence-electron chi connectivity index (χ3n) is 3.00. The molecular weight excluding hydrogens is 302 g/mol. The second-order valence-electron chi connectivity index (χ2n) is 4.64. The number of hydrogen-bond acceptors (Lipinski definition) is 6. The first kappa shape index (κ1) is 14.6. The number of nitrogens with one attached hydrogen (secondary N) is 1. The van der Waals surface area contributed by atoms with Gasteiger partial charge in [0.15, 0.2) is 16.7 Å². The zero-order valence-corrected chi connectivity index (χ0v) is 12.8. The molecule has 0 fully saturated rings. The summed E-state index contributed by atoms with van der Waals surface area (Å²) in [6.07, 6.45) is 3.31. The lowest BCUT2D eigenvalue weighted by Crippen LogP contribution is -2.23. The van der Waals surface area contributed by atoms with Gasteiger partial charge in [0.2, 0.25) is 5.91 Å². The van der Waals surface area contributed by atoms with Crippen LogP contribution in [0, 0.1) is 0 Å². The van der Waals surface area contributed by atoms with Gasteiger partial charge in [0, 0.05) is 24.1 Å². The highest BCUT2D eigenvalue weighted by molar-refractivity contribution is 8.00. The number of anilines is 1. The van der Waals surface area contributed by atoms with Crippen LogP contribution in [0.3, 0.4) is 0 Å². The van der Waals surface area contributed by atoms with Crippen molar-refractivity contribution in [1.82, 2.24) is 9.97 Å². The molecule has 1 aliphatic heterocycles. The Bertz CT molecular complexity index is 666. The van der Waals surface area contributed by atoms with Gasteiger partial charge in [-0.3, -0.25) is 4.79 Å². The lowest BCUT2D eigenvalue weighted by molar-refractivity contribution is -0.115. The van der Waals surface area contributed by atoms with Gasteiger partial charge in [-0.05, 0) is 25.1 Å². The van der Waals surface area contributed by atoms with Crippen LogP contribution in [-0.2, 0) is 4.79 Å². The van der Waals surface area contributed by atoms with E-state index in [4.69, 9.17) is 9.47 Å². The van der Waals surface area contributed by atoms with Gasteiger partial charge in [0.25, 0.3) is 0 Å². The minimum absolute atomic E-state index is 0.117. The van der Waals surface area contributed by atoms with Crippen LogP contribution in [0.15, 0.2) is 41.8 Å². The van der Waals surface area contributed by atoms with E-state index in [1.165, 1.54) is 11.8 Å². The molecule has 3 rings (SSSR count). The zero-order chi connectivity index (χ0) is 15.4. The standard InChI is InChI=1S/C15H15N3O3S/c1-10(22-15-16-5-2-6-17-15)14(19)18-11-3-4-12-13(9-11)21-8-7-20-12/h2-6,9-10H,7-8H2,1H3,(H,18,19)/t10-/m1/s1. The predicted octanol–water partition coefficient (Wildman–Crippen LogP) is 2.37. The van der Waals surface area contributed by atoms with Crippen LogP contribution in [0.25, 0.3) is 0 Å². The lowest BCUT2D eigenvalue weighted by Gasteiger charge is -2.19.